The van der Waals surface area contributed by atoms with Crippen LogP contribution in [0, 0.1) is 16.2 Å². The average Bonchev–Trinajstić information content (AvgIpc) is 3.62. The van der Waals surface area contributed by atoms with Crippen molar-refractivity contribution in [2.24, 2.45) is 0 Å². The van der Waals surface area contributed by atoms with Crippen molar-refractivity contribution in [3.8, 4) is 0 Å². The fraction of sp³-hybridized carbons (Fsp3) is 0.0909. The molecule has 420 valence electrons. The molecule has 3 heterocycles. The smallest absolute Gasteiger partial charge is 0.257 e. The Bertz CT molecular complexity index is 3490. The molecule has 0 bridgehead atoms. The lowest BCUT2D eigenvalue weighted by Crippen LogP contribution is -2.16. The molecule has 0 saturated carbocycles. The zero-order valence-electron chi connectivity index (χ0n) is 45.6. The summed E-state index contributed by atoms with van der Waals surface area (Å²) in [5.41, 5.74) is 8.40. The molecule has 3 aromatic heterocycles. The molecule has 0 radical (unpaired) electrons. The van der Waals surface area contributed by atoms with Gasteiger partial charge in [-0.25, -0.2) is 15.0 Å². The maximum absolute atomic E-state index is 12.7. The second kappa shape index (κ2) is 29.7. The van der Waals surface area contributed by atoms with E-state index in [4.69, 9.17) is 51.0 Å². The molecule has 6 aromatic carbocycles. The number of pyridine rings is 3. The zero-order chi connectivity index (χ0) is 60.3. The van der Waals surface area contributed by atoms with E-state index in [1.165, 1.54) is 18.6 Å². The molecule has 0 saturated heterocycles. The van der Waals surface area contributed by atoms with Crippen LogP contribution in [0.4, 0.5) is 17.5 Å². The number of amides is 3. The molecule has 9 rings (SSSR count). The monoisotopic (exact) mass is 1170 g/mol. The van der Waals surface area contributed by atoms with Crippen LogP contribution in [0.15, 0.2) is 201 Å². The number of carbonyl (C=O) groups excluding carboxylic acids is 6. The van der Waals surface area contributed by atoms with Gasteiger partial charge in [0.1, 0.15) is 17.5 Å². The fourth-order valence-electron chi connectivity index (χ4n) is 8.13. The molecular weight excluding hydrogens is 1120 g/mol. The van der Waals surface area contributed by atoms with E-state index < -0.39 is 0 Å². The maximum Gasteiger partial charge on any atom is 0.257 e. The number of nitrogens with zero attached hydrogens (tertiary/aromatic N) is 3. The van der Waals surface area contributed by atoms with Crippen LogP contribution < -0.4 is 16.0 Å². The molecule has 84 heavy (non-hydrogen) atoms. The Morgan fingerprint density at radius 2 is 0.560 bits per heavy atom. The number of hydrogen-bond acceptors (Lipinski definition) is 12. The maximum atomic E-state index is 12.7. The molecule has 0 atom stereocenters. The molecule has 3 amide bonds. The Kier molecular flexibility index (Phi) is 21.8. The second-order valence-corrected chi connectivity index (χ2v) is 20.1. The summed E-state index contributed by atoms with van der Waals surface area (Å²) in [6.07, 6.45) is 4.65. The van der Waals surface area contributed by atoms with E-state index in [0.29, 0.717) is 99.7 Å². The number of anilines is 3. The van der Waals surface area contributed by atoms with Crippen LogP contribution in [0.3, 0.4) is 0 Å². The fourth-order valence-corrected chi connectivity index (χ4v) is 8.47. The molecule has 0 unspecified atom stereocenters. The van der Waals surface area contributed by atoms with Gasteiger partial charge in [-0.05, 0) is 109 Å². The Morgan fingerprint density at radius 1 is 0.333 bits per heavy atom. The minimum absolute atomic E-state index is 0.0978. The Morgan fingerprint density at radius 3 is 0.774 bits per heavy atom. The van der Waals surface area contributed by atoms with E-state index in [9.17, 15) is 28.8 Å². The van der Waals surface area contributed by atoms with Gasteiger partial charge in [0, 0.05) is 88.4 Å². The van der Waals surface area contributed by atoms with Crippen LogP contribution in [0.2, 0.25) is 15.1 Å². The zero-order valence-corrected chi connectivity index (χ0v) is 47.9. The van der Waals surface area contributed by atoms with Gasteiger partial charge in [0.2, 0.25) is 0 Å². The summed E-state index contributed by atoms with van der Waals surface area (Å²) in [4.78, 5) is 88.0. The number of aromatic nitrogens is 3. The molecule has 0 aliphatic carbocycles. The average molecular weight is 1180 g/mol. The molecule has 0 aliphatic rings. The predicted octanol–water partition coefficient (Wildman–Crippen LogP) is 14.4. The lowest BCUT2D eigenvalue weighted by atomic mass is 9.97. The summed E-state index contributed by atoms with van der Waals surface area (Å²) >= 11 is 17.4. The highest BCUT2D eigenvalue weighted by atomic mass is 35.5. The first-order valence-electron chi connectivity index (χ1n) is 25.9. The molecule has 9 aromatic rings. The van der Waals surface area contributed by atoms with Crippen LogP contribution in [0.1, 0.15) is 116 Å². The summed E-state index contributed by atoms with van der Waals surface area (Å²) in [5.74, 6) is -0.166. The number of benzene rings is 6. The first-order chi connectivity index (χ1) is 40.3. The van der Waals surface area contributed by atoms with Crippen molar-refractivity contribution in [3.63, 3.8) is 0 Å². The van der Waals surface area contributed by atoms with Gasteiger partial charge in [-0.1, -0.05) is 162 Å². The summed E-state index contributed by atoms with van der Waals surface area (Å²) in [6.45, 7) is 5.09. The van der Waals surface area contributed by atoms with Crippen molar-refractivity contribution in [2.45, 2.75) is 40.0 Å². The molecular formula is C66H54Cl3N9O6. The number of Topliss-reactive ketones (excluding diaryl/α,β-unsaturated/α-hetero) is 3. The standard InChI is InChI=1S/3C22H18ClN3O2/c3*1-14(24)15-6-8-16(9-7-15)20(27)12-17-4-2-3-5-19(17)22(28)26-21-11-10-18(23)13-25-21/h3*2-11,13,24H,12H2,1H3,(H,25,26,28). The highest BCUT2D eigenvalue weighted by Gasteiger charge is 2.19. The van der Waals surface area contributed by atoms with Gasteiger partial charge in [-0.2, -0.15) is 0 Å². The number of rotatable bonds is 18. The van der Waals surface area contributed by atoms with Crippen LogP contribution in [-0.2, 0) is 19.3 Å². The Hall–Kier alpha value is -9.93. The van der Waals surface area contributed by atoms with Crippen molar-refractivity contribution in [3.05, 3.63) is 282 Å². The predicted molar refractivity (Wildman–Crippen MR) is 332 cm³/mol. The highest BCUT2D eigenvalue weighted by Crippen LogP contribution is 2.21. The lowest BCUT2D eigenvalue weighted by Gasteiger charge is -2.10. The first-order valence-corrected chi connectivity index (χ1v) is 27.0. The van der Waals surface area contributed by atoms with Crippen molar-refractivity contribution in [2.75, 3.05) is 16.0 Å². The van der Waals surface area contributed by atoms with Gasteiger partial charge >= 0.3 is 0 Å². The third-order valence-electron chi connectivity index (χ3n) is 12.7. The van der Waals surface area contributed by atoms with E-state index in [0.717, 1.165) is 16.7 Å². The molecule has 0 fully saturated rings. The second-order valence-electron chi connectivity index (χ2n) is 18.8. The number of ketones is 3. The number of hydrogen-bond donors (Lipinski definition) is 6. The van der Waals surface area contributed by atoms with E-state index in [1.807, 2.05) is 0 Å². The van der Waals surface area contributed by atoms with Crippen LogP contribution >= 0.6 is 34.8 Å². The normalized spacial score (nSPS) is 10.4. The van der Waals surface area contributed by atoms with E-state index in [2.05, 4.69) is 30.9 Å². The third-order valence-corrected chi connectivity index (χ3v) is 13.3. The Balaban J connectivity index is 0.000000181. The van der Waals surface area contributed by atoms with Crippen LogP contribution in [0.25, 0.3) is 0 Å². The van der Waals surface area contributed by atoms with Gasteiger partial charge in [0.25, 0.3) is 17.7 Å². The minimum atomic E-state index is -0.340. The number of carbonyl (C=O) groups is 6. The van der Waals surface area contributed by atoms with Gasteiger partial charge in [-0.3, -0.25) is 28.8 Å². The molecule has 15 nitrogen and oxygen atoms in total. The lowest BCUT2D eigenvalue weighted by molar-refractivity contribution is 0.0980. The first kappa shape index (κ1) is 61.7. The molecule has 0 aliphatic heterocycles. The summed E-state index contributed by atoms with van der Waals surface area (Å²) < 4.78 is 0. The molecule has 0 spiro atoms. The van der Waals surface area contributed by atoms with Crippen molar-refractivity contribution >= 4 is 104 Å². The summed E-state index contributed by atoms with van der Waals surface area (Å²) in [5, 5.41) is 32.5. The van der Waals surface area contributed by atoms with Gasteiger partial charge in [0.15, 0.2) is 17.3 Å². The molecule has 6 N–H and O–H groups in total. The molecule has 18 heteroatoms. The summed E-state index contributed by atoms with van der Waals surface area (Å²) in [6, 6.07) is 51.4. The quantitative estimate of drug-likeness (QED) is 0.0353. The van der Waals surface area contributed by atoms with Gasteiger partial charge in [-0.15, -0.1) is 0 Å². The van der Waals surface area contributed by atoms with Crippen LogP contribution in [0.5, 0.6) is 0 Å². The largest absolute Gasteiger partial charge is 0.307 e. The SMILES string of the molecule is CC(=N)c1ccc(C(=O)Cc2ccccc2C(=O)Nc2ccc(Cl)cn2)cc1.CC(=N)c1ccc(C(=O)Cc2ccccc2C(=O)Nc2ccc(Cl)cn2)cc1.CC(=N)c1ccc(C(=O)Cc2ccccc2C(=O)Nc2ccc(Cl)cn2)cc1. The minimum Gasteiger partial charge on any atom is -0.307 e. The van der Waals surface area contributed by atoms with E-state index in [1.54, 1.807) is 203 Å². The third kappa shape index (κ3) is 17.8. The topological polar surface area (TPSA) is 249 Å². The van der Waals surface area contributed by atoms with E-state index in [-0.39, 0.29) is 54.3 Å². The number of nitrogens with one attached hydrogen (secondary N) is 6. The van der Waals surface area contributed by atoms with E-state index >= 15 is 0 Å². The highest BCUT2D eigenvalue weighted by molar-refractivity contribution is 6.31. The summed E-state index contributed by atoms with van der Waals surface area (Å²) in [7, 11) is 0. The van der Waals surface area contributed by atoms with Crippen molar-refractivity contribution in [1.82, 2.24) is 15.0 Å². The van der Waals surface area contributed by atoms with Crippen molar-refractivity contribution < 1.29 is 28.8 Å². The van der Waals surface area contributed by atoms with Crippen LogP contribution in [-0.4, -0.2) is 67.2 Å². The number of halogens is 3. The Labute approximate surface area is 500 Å². The van der Waals surface area contributed by atoms with Crippen molar-refractivity contribution in [1.29, 1.82) is 16.2 Å². The van der Waals surface area contributed by atoms with Gasteiger partial charge < -0.3 is 32.2 Å². The van der Waals surface area contributed by atoms with Gasteiger partial charge in [0.05, 0.1) is 15.1 Å².